The Hall–Kier alpha value is -4.80. The van der Waals surface area contributed by atoms with Crippen LogP contribution in [-0.4, -0.2) is 64.0 Å². The first-order chi connectivity index (χ1) is 19.4. The summed E-state index contributed by atoms with van der Waals surface area (Å²) in [6.07, 6.45) is 7.86. The third-order valence-corrected chi connectivity index (χ3v) is 7.37. The Bertz CT molecular complexity index is 1600. The van der Waals surface area contributed by atoms with E-state index in [0.29, 0.717) is 63.4 Å². The summed E-state index contributed by atoms with van der Waals surface area (Å²) in [5.41, 5.74) is 10.4. The first kappa shape index (κ1) is 25.5. The third kappa shape index (κ3) is 4.53. The standard InChI is InChI=1S/C29H32N8O3/c1-4-13-36-14-5-6-20(36)15-37-28-23(27(30)31-16-32-28)24(34-37)21-11-12-22(26-25(21)39-17-40-26)33-29(38)18-7-9-19(10-8-18)35(2)3/h4,7-13,16,20H,5-6,14-15,17H2,1-3H3,(H,33,38)(H2,30,31,32)/t20-/m0/s1. The van der Waals surface area contributed by atoms with Gasteiger partial charge in [0, 0.05) is 43.5 Å². The average Bonchev–Trinajstić information content (AvgIpc) is 3.70. The zero-order chi connectivity index (χ0) is 27.8. The molecule has 2 aromatic heterocycles. The minimum atomic E-state index is -0.245. The maximum atomic E-state index is 13.0. The number of allylic oxidation sites excluding steroid dienone is 1. The summed E-state index contributed by atoms with van der Waals surface area (Å²) in [5, 5.41) is 8.59. The molecule has 0 radical (unpaired) electrons. The Morgan fingerprint density at radius 3 is 2.73 bits per heavy atom. The molecule has 3 N–H and O–H groups in total. The van der Waals surface area contributed by atoms with Gasteiger partial charge in [0.2, 0.25) is 6.79 Å². The third-order valence-electron chi connectivity index (χ3n) is 7.37. The summed E-state index contributed by atoms with van der Waals surface area (Å²) in [6.45, 7) is 3.74. The second-order valence-corrected chi connectivity index (χ2v) is 10.1. The highest BCUT2D eigenvalue weighted by molar-refractivity contribution is 6.06. The van der Waals surface area contributed by atoms with E-state index in [-0.39, 0.29) is 12.7 Å². The highest BCUT2D eigenvalue weighted by atomic mass is 16.7. The number of nitrogens with two attached hydrogens (primary N) is 1. The van der Waals surface area contributed by atoms with Gasteiger partial charge in [0.15, 0.2) is 17.1 Å². The molecule has 1 saturated heterocycles. The van der Waals surface area contributed by atoms with E-state index in [0.717, 1.165) is 25.1 Å². The predicted octanol–water partition coefficient (Wildman–Crippen LogP) is 4.12. The largest absolute Gasteiger partial charge is 0.453 e. The molecule has 4 heterocycles. The zero-order valence-electron chi connectivity index (χ0n) is 22.8. The molecule has 1 amide bonds. The molecule has 0 unspecified atom stereocenters. The van der Waals surface area contributed by atoms with E-state index in [1.807, 2.05) is 48.8 Å². The number of nitrogen functional groups attached to an aromatic ring is 1. The normalized spacial score (nSPS) is 16.3. The van der Waals surface area contributed by atoms with Crippen LogP contribution in [0.3, 0.4) is 0 Å². The highest BCUT2D eigenvalue weighted by Gasteiger charge is 2.29. The molecule has 2 aliphatic heterocycles. The van der Waals surface area contributed by atoms with Gasteiger partial charge in [-0.25, -0.2) is 14.6 Å². The number of hydrogen-bond acceptors (Lipinski definition) is 9. The number of carbonyl (C=O) groups is 1. The van der Waals surface area contributed by atoms with Crippen molar-refractivity contribution in [3.63, 3.8) is 0 Å². The quantitative estimate of drug-likeness (QED) is 0.356. The monoisotopic (exact) mass is 540 g/mol. The molecule has 4 aromatic rings. The fourth-order valence-corrected chi connectivity index (χ4v) is 5.37. The maximum Gasteiger partial charge on any atom is 0.255 e. The van der Waals surface area contributed by atoms with Gasteiger partial charge in [-0.05, 0) is 62.4 Å². The number of nitrogens with zero attached hydrogens (tertiary/aromatic N) is 6. The van der Waals surface area contributed by atoms with Gasteiger partial charge >= 0.3 is 0 Å². The average molecular weight is 541 g/mol. The van der Waals surface area contributed by atoms with Crippen LogP contribution in [0, 0.1) is 0 Å². The summed E-state index contributed by atoms with van der Waals surface area (Å²) in [4.78, 5) is 26.1. The lowest BCUT2D eigenvalue weighted by molar-refractivity contribution is 0.102. The van der Waals surface area contributed by atoms with E-state index in [9.17, 15) is 4.79 Å². The van der Waals surface area contributed by atoms with Crippen molar-refractivity contribution >= 4 is 34.1 Å². The molecule has 6 rings (SSSR count). The Kier molecular flexibility index (Phi) is 6.63. The van der Waals surface area contributed by atoms with Gasteiger partial charge in [0.25, 0.3) is 5.91 Å². The van der Waals surface area contributed by atoms with Crippen LogP contribution in [0.4, 0.5) is 17.2 Å². The fourth-order valence-electron chi connectivity index (χ4n) is 5.37. The lowest BCUT2D eigenvalue weighted by Crippen LogP contribution is -2.29. The molecule has 0 spiro atoms. The fraction of sp³-hybridized carbons (Fsp3) is 0.310. The van der Waals surface area contributed by atoms with Crippen LogP contribution in [0.15, 0.2) is 55.0 Å². The summed E-state index contributed by atoms with van der Waals surface area (Å²) in [7, 11) is 3.91. The second-order valence-electron chi connectivity index (χ2n) is 10.1. The molecule has 2 aromatic carbocycles. The number of nitrogens with one attached hydrogen (secondary N) is 1. The van der Waals surface area contributed by atoms with Crippen LogP contribution in [0.1, 0.15) is 30.1 Å². The maximum absolute atomic E-state index is 13.0. The number of likely N-dealkylation sites (tertiary alicyclic amines) is 1. The van der Waals surface area contributed by atoms with Crippen LogP contribution in [0.2, 0.25) is 0 Å². The van der Waals surface area contributed by atoms with Crippen molar-refractivity contribution in [3.05, 3.63) is 60.6 Å². The second kappa shape index (κ2) is 10.4. The first-order valence-corrected chi connectivity index (χ1v) is 13.3. The molecule has 1 fully saturated rings. The molecule has 11 nitrogen and oxygen atoms in total. The molecule has 11 heteroatoms. The van der Waals surface area contributed by atoms with Crippen molar-refractivity contribution in [1.29, 1.82) is 0 Å². The van der Waals surface area contributed by atoms with Crippen LogP contribution in [-0.2, 0) is 6.54 Å². The van der Waals surface area contributed by atoms with Gasteiger partial charge in [-0.15, -0.1) is 0 Å². The van der Waals surface area contributed by atoms with Crippen molar-refractivity contribution in [2.75, 3.05) is 43.4 Å². The smallest absolute Gasteiger partial charge is 0.255 e. The van der Waals surface area contributed by atoms with Gasteiger partial charge in [0.1, 0.15) is 17.8 Å². The van der Waals surface area contributed by atoms with E-state index in [4.69, 9.17) is 20.3 Å². The number of carbonyl (C=O) groups excluding carboxylic acids is 1. The number of anilines is 3. The number of hydrogen-bond donors (Lipinski definition) is 2. The van der Waals surface area contributed by atoms with Gasteiger partial charge < -0.3 is 30.3 Å². The van der Waals surface area contributed by atoms with Crippen molar-refractivity contribution in [3.8, 4) is 22.8 Å². The lowest BCUT2D eigenvalue weighted by atomic mass is 10.1. The molecule has 2 aliphatic rings. The minimum absolute atomic E-state index is 0.0256. The Morgan fingerprint density at radius 1 is 1.15 bits per heavy atom. The topological polar surface area (TPSA) is 124 Å². The van der Waals surface area contributed by atoms with Gasteiger partial charge in [-0.1, -0.05) is 6.08 Å². The van der Waals surface area contributed by atoms with E-state index >= 15 is 0 Å². The van der Waals surface area contributed by atoms with E-state index in [2.05, 4.69) is 32.5 Å². The molecule has 1 atom stereocenters. The summed E-state index contributed by atoms with van der Waals surface area (Å²) < 4.78 is 13.6. The van der Waals surface area contributed by atoms with Gasteiger partial charge in [-0.3, -0.25) is 4.79 Å². The Labute approximate surface area is 232 Å². The van der Waals surface area contributed by atoms with Gasteiger partial charge in [-0.2, -0.15) is 5.10 Å². The number of amides is 1. The van der Waals surface area contributed by atoms with Crippen LogP contribution in [0.5, 0.6) is 11.5 Å². The number of fused-ring (bicyclic) bond motifs is 2. The minimum Gasteiger partial charge on any atom is -0.453 e. The predicted molar refractivity (Wildman–Crippen MR) is 155 cm³/mol. The number of ether oxygens (including phenoxy) is 2. The summed E-state index contributed by atoms with van der Waals surface area (Å²) in [5.74, 6) is 1.04. The molecular weight excluding hydrogens is 508 g/mol. The Balaban J connectivity index is 1.35. The summed E-state index contributed by atoms with van der Waals surface area (Å²) >= 11 is 0. The van der Waals surface area contributed by atoms with Crippen molar-refractivity contribution < 1.29 is 14.3 Å². The van der Waals surface area contributed by atoms with Crippen LogP contribution < -0.4 is 25.4 Å². The number of rotatable bonds is 7. The molecule has 0 saturated carbocycles. The summed E-state index contributed by atoms with van der Waals surface area (Å²) in [6, 6.07) is 11.3. The van der Waals surface area contributed by atoms with E-state index < -0.39 is 0 Å². The Morgan fingerprint density at radius 2 is 1.95 bits per heavy atom. The van der Waals surface area contributed by atoms with Gasteiger partial charge in [0.05, 0.1) is 17.6 Å². The van der Waals surface area contributed by atoms with Crippen LogP contribution in [0.25, 0.3) is 22.3 Å². The first-order valence-electron chi connectivity index (χ1n) is 13.3. The molecule has 0 aliphatic carbocycles. The molecular formula is C29H32N8O3. The van der Waals surface area contributed by atoms with Crippen molar-refractivity contribution in [1.82, 2.24) is 24.6 Å². The van der Waals surface area contributed by atoms with E-state index in [1.165, 1.54) is 6.33 Å². The SMILES string of the molecule is CC=CN1CCC[C@H]1Cn1nc(-c2ccc(NC(=O)c3ccc(N(C)C)cc3)c3c2OCO3)c2c(N)ncnc21. The number of benzene rings is 2. The van der Waals surface area contributed by atoms with Crippen molar-refractivity contribution in [2.45, 2.75) is 32.4 Å². The number of aromatic nitrogens is 4. The van der Waals surface area contributed by atoms with E-state index in [1.54, 1.807) is 18.2 Å². The molecule has 0 bridgehead atoms. The molecule has 40 heavy (non-hydrogen) atoms. The molecule has 206 valence electrons. The zero-order valence-corrected chi connectivity index (χ0v) is 22.8. The lowest BCUT2D eigenvalue weighted by Gasteiger charge is -2.22. The van der Waals surface area contributed by atoms with Crippen molar-refractivity contribution in [2.24, 2.45) is 0 Å². The van der Waals surface area contributed by atoms with Crippen LogP contribution >= 0.6 is 0 Å². The highest BCUT2D eigenvalue weighted by Crippen LogP contribution is 2.48.